The molecule has 2 N–H and O–H groups in total. The van der Waals surface area contributed by atoms with Crippen LogP contribution in [0.2, 0.25) is 0 Å². The molecule has 6 nitrogen and oxygen atoms in total. The van der Waals surface area contributed by atoms with Crippen molar-refractivity contribution in [1.82, 2.24) is 10.6 Å². The van der Waals surface area contributed by atoms with Crippen molar-refractivity contribution in [3.63, 3.8) is 0 Å². The summed E-state index contributed by atoms with van der Waals surface area (Å²) < 4.78 is 9.87. The minimum absolute atomic E-state index is 0.108. The summed E-state index contributed by atoms with van der Waals surface area (Å²) in [6, 6.07) is 0. The van der Waals surface area contributed by atoms with Crippen LogP contribution in [0.5, 0.6) is 0 Å². The van der Waals surface area contributed by atoms with E-state index < -0.39 is 6.09 Å². The Labute approximate surface area is 94.7 Å². The molecule has 1 heterocycles. The standard InChI is InChI=1S/C10H18N2O4/c1-2-15-10(14)12-6-5-11-9(13)8-4-3-7-16-8/h8H,2-7H2,1H3,(H,11,13)(H,12,14). The lowest BCUT2D eigenvalue weighted by Crippen LogP contribution is -2.39. The Kier molecular flexibility index (Phi) is 5.63. The van der Waals surface area contributed by atoms with Crippen LogP contribution in [0.1, 0.15) is 19.8 Å². The lowest BCUT2D eigenvalue weighted by Gasteiger charge is -2.10. The van der Waals surface area contributed by atoms with Crippen LogP contribution in [0.25, 0.3) is 0 Å². The van der Waals surface area contributed by atoms with Gasteiger partial charge in [0, 0.05) is 19.7 Å². The van der Waals surface area contributed by atoms with Crippen LogP contribution < -0.4 is 10.6 Å². The van der Waals surface area contributed by atoms with Crippen molar-refractivity contribution in [1.29, 1.82) is 0 Å². The molecular weight excluding hydrogens is 212 g/mol. The third kappa shape index (κ3) is 4.48. The quantitative estimate of drug-likeness (QED) is 0.653. The Morgan fingerprint density at radius 3 is 2.75 bits per heavy atom. The highest BCUT2D eigenvalue weighted by Gasteiger charge is 2.22. The molecule has 0 bridgehead atoms. The highest BCUT2D eigenvalue weighted by Crippen LogP contribution is 2.11. The van der Waals surface area contributed by atoms with E-state index in [0.717, 1.165) is 12.8 Å². The van der Waals surface area contributed by atoms with E-state index in [-0.39, 0.29) is 12.0 Å². The summed E-state index contributed by atoms with van der Waals surface area (Å²) in [6.45, 7) is 3.47. The van der Waals surface area contributed by atoms with Crippen molar-refractivity contribution in [2.75, 3.05) is 26.3 Å². The number of hydrogen-bond acceptors (Lipinski definition) is 4. The Balaban J connectivity index is 2.02. The number of carbonyl (C=O) groups excluding carboxylic acids is 2. The second kappa shape index (κ2) is 7.05. The van der Waals surface area contributed by atoms with E-state index in [1.165, 1.54) is 0 Å². The molecule has 0 aromatic heterocycles. The second-order valence-corrected chi connectivity index (χ2v) is 3.44. The van der Waals surface area contributed by atoms with Crippen molar-refractivity contribution < 1.29 is 19.1 Å². The van der Waals surface area contributed by atoms with Gasteiger partial charge in [-0.3, -0.25) is 4.79 Å². The van der Waals surface area contributed by atoms with Crippen LogP contribution in [-0.2, 0) is 14.3 Å². The Bertz CT molecular complexity index is 239. The Morgan fingerprint density at radius 2 is 2.12 bits per heavy atom. The molecule has 1 aliphatic rings. The van der Waals surface area contributed by atoms with Crippen LogP contribution in [-0.4, -0.2) is 44.4 Å². The van der Waals surface area contributed by atoms with E-state index in [4.69, 9.17) is 4.74 Å². The van der Waals surface area contributed by atoms with Crippen molar-refractivity contribution in [2.45, 2.75) is 25.9 Å². The van der Waals surface area contributed by atoms with Gasteiger partial charge in [0.15, 0.2) is 0 Å². The van der Waals surface area contributed by atoms with E-state index in [1.54, 1.807) is 6.92 Å². The molecule has 0 spiro atoms. The zero-order valence-corrected chi connectivity index (χ0v) is 9.45. The fourth-order valence-corrected chi connectivity index (χ4v) is 1.43. The van der Waals surface area contributed by atoms with Crippen LogP contribution >= 0.6 is 0 Å². The maximum absolute atomic E-state index is 11.4. The molecule has 1 aliphatic heterocycles. The average Bonchev–Trinajstić information content (AvgIpc) is 2.78. The topological polar surface area (TPSA) is 76.7 Å². The largest absolute Gasteiger partial charge is 0.450 e. The summed E-state index contributed by atoms with van der Waals surface area (Å²) in [4.78, 5) is 22.3. The van der Waals surface area contributed by atoms with Gasteiger partial charge in [0.25, 0.3) is 0 Å². The highest BCUT2D eigenvalue weighted by molar-refractivity contribution is 5.81. The molecule has 16 heavy (non-hydrogen) atoms. The average molecular weight is 230 g/mol. The number of alkyl carbamates (subject to hydrolysis) is 1. The summed E-state index contributed by atoms with van der Waals surface area (Å²) >= 11 is 0. The zero-order valence-electron chi connectivity index (χ0n) is 9.45. The van der Waals surface area contributed by atoms with Gasteiger partial charge in [-0.25, -0.2) is 4.79 Å². The van der Waals surface area contributed by atoms with Crippen LogP contribution in [0.4, 0.5) is 4.79 Å². The first-order valence-corrected chi connectivity index (χ1v) is 5.54. The molecule has 92 valence electrons. The highest BCUT2D eigenvalue weighted by atomic mass is 16.5. The summed E-state index contributed by atoms with van der Waals surface area (Å²) in [5.74, 6) is -0.108. The third-order valence-electron chi connectivity index (χ3n) is 2.19. The van der Waals surface area contributed by atoms with Gasteiger partial charge in [-0.15, -0.1) is 0 Å². The number of amides is 2. The molecule has 6 heteroatoms. The van der Waals surface area contributed by atoms with Crippen LogP contribution in [0.3, 0.4) is 0 Å². The van der Waals surface area contributed by atoms with Gasteiger partial charge in [-0.05, 0) is 19.8 Å². The van der Waals surface area contributed by atoms with Crippen molar-refractivity contribution >= 4 is 12.0 Å². The van der Waals surface area contributed by atoms with Gasteiger partial charge in [-0.2, -0.15) is 0 Å². The summed E-state index contributed by atoms with van der Waals surface area (Å²) in [6.07, 6.45) is 0.924. The molecular formula is C10H18N2O4. The SMILES string of the molecule is CCOC(=O)NCCNC(=O)C1CCCO1. The number of carbonyl (C=O) groups is 2. The second-order valence-electron chi connectivity index (χ2n) is 3.44. The first-order chi connectivity index (χ1) is 7.74. The fraction of sp³-hybridized carbons (Fsp3) is 0.800. The van der Waals surface area contributed by atoms with E-state index in [9.17, 15) is 9.59 Å². The lowest BCUT2D eigenvalue weighted by molar-refractivity contribution is -0.129. The summed E-state index contributed by atoms with van der Waals surface area (Å²) in [7, 11) is 0. The summed E-state index contributed by atoms with van der Waals surface area (Å²) in [5.41, 5.74) is 0. The fourth-order valence-electron chi connectivity index (χ4n) is 1.43. The molecule has 2 amide bonds. The van der Waals surface area contributed by atoms with Crippen molar-refractivity contribution in [3.8, 4) is 0 Å². The molecule has 1 saturated heterocycles. The third-order valence-corrected chi connectivity index (χ3v) is 2.19. The number of ether oxygens (including phenoxy) is 2. The minimum Gasteiger partial charge on any atom is -0.450 e. The maximum Gasteiger partial charge on any atom is 0.407 e. The predicted octanol–water partition coefficient (Wildman–Crippen LogP) is 0.0277. The van der Waals surface area contributed by atoms with Gasteiger partial charge in [0.05, 0.1) is 6.61 Å². The molecule has 0 radical (unpaired) electrons. The van der Waals surface area contributed by atoms with Crippen molar-refractivity contribution in [2.24, 2.45) is 0 Å². The molecule has 0 aromatic carbocycles. The van der Waals surface area contributed by atoms with Crippen molar-refractivity contribution in [3.05, 3.63) is 0 Å². The number of nitrogens with one attached hydrogen (secondary N) is 2. The van der Waals surface area contributed by atoms with Gasteiger partial charge in [-0.1, -0.05) is 0 Å². The predicted molar refractivity (Wildman–Crippen MR) is 57.0 cm³/mol. The van der Waals surface area contributed by atoms with E-state index in [1.807, 2.05) is 0 Å². The first kappa shape index (κ1) is 12.8. The number of hydrogen-bond donors (Lipinski definition) is 2. The lowest BCUT2D eigenvalue weighted by atomic mass is 10.2. The smallest absolute Gasteiger partial charge is 0.407 e. The zero-order chi connectivity index (χ0) is 11.8. The normalized spacial score (nSPS) is 19.2. The molecule has 1 unspecified atom stereocenters. The maximum atomic E-state index is 11.4. The van der Waals surface area contributed by atoms with E-state index in [0.29, 0.717) is 26.3 Å². The molecule has 0 aliphatic carbocycles. The Morgan fingerprint density at radius 1 is 1.38 bits per heavy atom. The van der Waals surface area contributed by atoms with E-state index >= 15 is 0 Å². The molecule has 0 aromatic rings. The van der Waals surface area contributed by atoms with Gasteiger partial charge >= 0.3 is 6.09 Å². The van der Waals surface area contributed by atoms with Gasteiger partial charge < -0.3 is 20.1 Å². The first-order valence-electron chi connectivity index (χ1n) is 5.54. The van der Waals surface area contributed by atoms with E-state index in [2.05, 4.69) is 15.4 Å². The molecule has 0 saturated carbocycles. The molecule has 1 atom stereocenters. The Hall–Kier alpha value is -1.30. The number of rotatable bonds is 5. The van der Waals surface area contributed by atoms with Crippen LogP contribution in [0, 0.1) is 0 Å². The van der Waals surface area contributed by atoms with Gasteiger partial charge in [0.1, 0.15) is 6.10 Å². The minimum atomic E-state index is -0.464. The molecule has 1 rings (SSSR count). The monoisotopic (exact) mass is 230 g/mol. The summed E-state index contributed by atoms with van der Waals surface area (Å²) in [5, 5.41) is 5.20. The van der Waals surface area contributed by atoms with Crippen LogP contribution in [0.15, 0.2) is 0 Å². The van der Waals surface area contributed by atoms with Gasteiger partial charge in [0.2, 0.25) is 5.91 Å². The molecule has 1 fully saturated rings.